The van der Waals surface area contributed by atoms with Crippen molar-refractivity contribution in [2.75, 3.05) is 6.54 Å². The second-order valence-electron chi connectivity index (χ2n) is 2.08. The van der Waals surface area contributed by atoms with E-state index in [0.717, 1.165) is 13.0 Å². The fourth-order valence-electron chi connectivity index (χ4n) is 0.982. The van der Waals surface area contributed by atoms with E-state index in [1.165, 1.54) is 10.4 Å². The summed E-state index contributed by atoms with van der Waals surface area (Å²) in [6.45, 7) is 4.16. The van der Waals surface area contributed by atoms with E-state index in [2.05, 4.69) is 23.3 Å². The first-order valence-corrected chi connectivity index (χ1v) is 3.90. The minimum absolute atomic E-state index is 1.05. The molecule has 2 rings (SSSR count). The molecule has 0 atom stereocenters. The molecule has 0 saturated heterocycles. The van der Waals surface area contributed by atoms with Gasteiger partial charge in [-0.15, -0.1) is 11.3 Å². The Morgan fingerprint density at radius 1 is 1.67 bits per heavy atom. The van der Waals surface area contributed by atoms with Gasteiger partial charge in [0, 0.05) is 11.4 Å². The highest BCUT2D eigenvalue weighted by molar-refractivity contribution is 7.10. The van der Waals surface area contributed by atoms with Crippen LogP contribution in [0.15, 0.2) is 11.4 Å². The van der Waals surface area contributed by atoms with Gasteiger partial charge in [0.2, 0.25) is 0 Å². The van der Waals surface area contributed by atoms with Gasteiger partial charge in [0.1, 0.15) is 6.54 Å². The van der Waals surface area contributed by atoms with E-state index in [-0.39, 0.29) is 0 Å². The highest BCUT2D eigenvalue weighted by Crippen LogP contribution is 2.20. The predicted molar refractivity (Wildman–Crippen MR) is 38.4 cm³/mol. The zero-order valence-electron chi connectivity index (χ0n) is 4.98. The summed E-state index contributed by atoms with van der Waals surface area (Å²) in [5, 5.41) is 5.20. The minimum Gasteiger partial charge on any atom is -0.303 e. The Bertz CT molecular complexity index is 184. The lowest BCUT2D eigenvalue weighted by Gasteiger charge is -2.09. The normalized spacial score (nSPS) is 17.3. The van der Waals surface area contributed by atoms with E-state index in [1.54, 1.807) is 11.3 Å². The van der Waals surface area contributed by atoms with Crippen molar-refractivity contribution in [1.29, 1.82) is 0 Å². The molecule has 2 heteroatoms. The van der Waals surface area contributed by atoms with Crippen LogP contribution < -0.4 is 5.32 Å². The molecule has 2 radical (unpaired) electrons. The molecule has 0 aliphatic carbocycles. The van der Waals surface area contributed by atoms with Crippen molar-refractivity contribution in [3.8, 4) is 0 Å². The Balaban J connectivity index is 2.39. The van der Waals surface area contributed by atoms with Crippen molar-refractivity contribution in [2.45, 2.75) is 6.42 Å². The number of nitrogens with one attached hydrogen (secondary N) is 1. The first kappa shape index (κ1) is 5.45. The second-order valence-corrected chi connectivity index (χ2v) is 2.99. The Hall–Kier alpha value is -0.340. The molecule has 0 bridgehead atoms. The number of hydrogen-bond acceptors (Lipinski definition) is 2. The molecule has 1 nitrogen and oxygen atoms in total. The summed E-state index contributed by atoms with van der Waals surface area (Å²) in [6, 6.07) is 2.17. The average Bonchev–Trinajstić information content (AvgIpc) is 2.33. The summed E-state index contributed by atoms with van der Waals surface area (Å²) in [5.74, 6) is 0. The Morgan fingerprint density at radius 2 is 2.67 bits per heavy atom. The molecule has 1 aromatic rings. The fourth-order valence-corrected chi connectivity index (χ4v) is 1.80. The topological polar surface area (TPSA) is 12.0 Å². The highest BCUT2D eigenvalue weighted by Gasteiger charge is 2.08. The molecule has 46 valence electrons. The van der Waals surface area contributed by atoms with Crippen LogP contribution in [-0.2, 0) is 6.42 Å². The van der Waals surface area contributed by atoms with Crippen LogP contribution in [0.2, 0.25) is 0 Å². The maximum Gasteiger partial charge on any atom is 0.105 e. The summed E-state index contributed by atoms with van der Waals surface area (Å²) in [7, 11) is 0. The molecule has 9 heavy (non-hydrogen) atoms. The second kappa shape index (κ2) is 2.12. The SMILES string of the molecule is [C]1NCCc2ccsc21. The van der Waals surface area contributed by atoms with Gasteiger partial charge < -0.3 is 5.32 Å². The van der Waals surface area contributed by atoms with Crippen molar-refractivity contribution >= 4 is 11.3 Å². The van der Waals surface area contributed by atoms with Gasteiger partial charge in [-0.2, -0.15) is 0 Å². The third kappa shape index (κ3) is 0.884. The number of rotatable bonds is 0. The first-order chi connectivity index (χ1) is 4.47. The van der Waals surface area contributed by atoms with Crippen LogP contribution in [0.4, 0.5) is 0 Å². The van der Waals surface area contributed by atoms with Crippen LogP contribution in [-0.4, -0.2) is 6.54 Å². The molecule has 0 saturated carbocycles. The van der Waals surface area contributed by atoms with Gasteiger partial charge in [-0.1, -0.05) is 0 Å². The molecule has 0 fully saturated rings. The summed E-state index contributed by atoms with van der Waals surface area (Å²) in [6.07, 6.45) is 1.16. The lowest BCUT2D eigenvalue weighted by molar-refractivity contribution is 0.762. The van der Waals surface area contributed by atoms with Crippen molar-refractivity contribution in [2.24, 2.45) is 0 Å². The third-order valence-corrected chi connectivity index (χ3v) is 2.34. The van der Waals surface area contributed by atoms with Crippen molar-refractivity contribution in [3.05, 3.63) is 28.4 Å². The van der Waals surface area contributed by atoms with E-state index in [4.69, 9.17) is 0 Å². The van der Waals surface area contributed by atoms with Crippen molar-refractivity contribution in [3.63, 3.8) is 0 Å². The van der Waals surface area contributed by atoms with Crippen LogP contribution in [0.25, 0.3) is 0 Å². The molecular weight excluding hydrogens is 130 g/mol. The predicted octanol–water partition coefficient (Wildman–Crippen LogP) is 1.28. The molecule has 0 spiro atoms. The minimum atomic E-state index is 1.05. The monoisotopic (exact) mass is 137 g/mol. The van der Waals surface area contributed by atoms with Crippen LogP contribution in [0.3, 0.4) is 0 Å². The van der Waals surface area contributed by atoms with Gasteiger partial charge in [0.15, 0.2) is 0 Å². The molecule has 0 amide bonds. The fraction of sp³-hybridized carbons (Fsp3) is 0.286. The molecule has 1 N–H and O–H groups in total. The number of hydrogen-bond donors (Lipinski definition) is 1. The molecule has 0 aromatic carbocycles. The van der Waals surface area contributed by atoms with Gasteiger partial charge in [0.05, 0.1) is 0 Å². The average molecular weight is 137 g/mol. The van der Waals surface area contributed by atoms with Gasteiger partial charge in [-0.05, 0) is 23.4 Å². The van der Waals surface area contributed by atoms with Crippen molar-refractivity contribution in [1.82, 2.24) is 5.32 Å². The van der Waals surface area contributed by atoms with E-state index in [1.807, 2.05) is 0 Å². The van der Waals surface area contributed by atoms with Gasteiger partial charge in [0.25, 0.3) is 0 Å². The summed E-state index contributed by atoms with van der Waals surface area (Å²) < 4.78 is 0. The van der Waals surface area contributed by atoms with Crippen LogP contribution in [0.5, 0.6) is 0 Å². The van der Waals surface area contributed by atoms with E-state index in [0.29, 0.717) is 0 Å². The molecule has 1 aliphatic rings. The Kier molecular flexibility index (Phi) is 1.28. The number of fused-ring (bicyclic) bond motifs is 1. The highest BCUT2D eigenvalue weighted by atomic mass is 32.1. The Labute approximate surface area is 58.7 Å². The van der Waals surface area contributed by atoms with E-state index in [9.17, 15) is 0 Å². The summed E-state index contributed by atoms with van der Waals surface area (Å²) in [4.78, 5) is 1.28. The summed E-state index contributed by atoms with van der Waals surface area (Å²) in [5.41, 5.74) is 1.44. The molecule has 2 heterocycles. The maximum absolute atomic E-state index is 3.11. The van der Waals surface area contributed by atoms with Crippen LogP contribution >= 0.6 is 11.3 Å². The Morgan fingerprint density at radius 3 is 3.56 bits per heavy atom. The van der Waals surface area contributed by atoms with E-state index >= 15 is 0 Å². The zero-order valence-corrected chi connectivity index (χ0v) is 5.79. The molecule has 1 aromatic heterocycles. The smallest absolute Gasteiger partial charge is 0.105 e. The maximum atomic E-state index is 3.11. The third-order valence-electron chi connectivity index (χ3n) is 1.47. The molecule has 0 unspecified atom stereocenters. The van der Waals surface area contributed by atoms with Crippen LogP contribution in [0, 0.1) is 6.54 Å². The number of thiophene rings is 1. The zero-order chi connectivity index (χ0) is 6.10. The standard InChI is InChI=1S/C7H7NS/c1-3-8-5-7-6(1)2-4-9-7/h2,4,8H,1,3H2. The summed E-state index contributed by atoms with van der Waals surface area (Å²) >= 11 is 1.75. The quantitative estimate of drug-likeness (QED) is 0.568. The van der Waals surface area contributed by atoms with E-state index < -0.39 is 0 Å². The lowest BCUT2D eigenvalue weighted by atomic mass is 10.1. The molecule has 1 aliphatic heterocycles. The van der Waals surface area contributed by atoms with Gasteiger partial charge >= 0.3 is 0 Å². The van der Waals surface area contributed by atoms with Gasteiger partial charge in [-0.25, -0.2) is 0 Å². The lowest BCUT2D eigenvalue weighted by Crippen LogP contribution is -2.19. The van der Waals surface area contributed by atoms with Crippen molar-refractivity contribution < 1.29 is 0 Å². The largest absolute Gasteiger partial charge is 0.303 e. The van der Waals surface area contributed by atoms with Crippen LogP contribution in [0.1, 0.15) is 10.4 Å². The molecular formula is C7H7NS. The first-order valence-electron chi connectivity index (χ1n) is 3.02. The van der Waals surface area contributed by atoms with Gasteiger partial charge in [-0.3, -0.25) is 0 Å².